The molecule has 1 fully saturated rings. The zero-order chi connectivity index (χ0) is 15.7. The van der Waals surface area contributed by atoms with Crippen molar-refractivity contribution in [3.8, 4) is 0 Å². The SMILES string of the molecule is CCNC(=NCCN1CCS(=O)(=O)CC1)NC(C)COC. The molecule has 8 heteroatoms. The third kappa shape index (κ3) is 7.63. The van der Waals surface area contributed by atoms with Gasteiger partial charge in [0.15, 0.2) is 15.8 Å². The van der Waals surface area contributed by atoms with Crippen LogP contribution in [-0.4, -0.2) is 83.3 Å². The molecule has 1 unspecified atom stereocenters. The fraction of sp³-hybridized carbons (Fsp3) is 0.923. The smallest absolute Gasteiger partial charge is 0.191 e. The number of rotatable bonds is 7. The van der Waals surface area contributed by atoms with Gasteiger partial charge in [0.2, 0.25) is 0 Å². The maximum absolute atomic E-state index is 11.4. The Hall–Kier alpha value is -0.860. The van der Waals surface area contributed by atoms with Crippen LogP contribution < -0.4 is 10.6 Å². The number of aliphatic imine (C=N–C) groups is 1. The zero-order valence-electron chi connectivity index (χ0n) is 13.3. The topological polar surface area (TPSA) is 83.0 Å². The van der Waals surface area contributed by atoms with Crippen molar-refractivity contribution in [2.45, 2.75) is 19.9 Å². The highest BCUT2D eigenvalue weighted by molar-refractivity contribution is 7.91. The largest absolute Gasteiger partial charge is 0.383 e. The highest BCUT2D eigenvalue weighted by Gasteiger charge is 2.20. The predicted octanol–water partition coefficient (Wildman–Crippen LogP) is -0.693. The molecule has 21 heavy (non-hydrogen) atoms. The van der Waals surface area contributed by atoms with Crippen molar-refractivity contribution in [2.24, 2.45) is 4.99 Å². The fourth-order valence-electron chi connectivity index (χ4n) is 2.12. The van der Waals surface area contributed by atoms with Crippen LogP contribution in [0.2, 0.25) is 0 Å². The van der Waals surface area contributed by atoms with Crippen molar-refractivity contribution in [1.29, 1.82) is 0 Å². The second kappa shape index (κ2) is 9.22. The lowest BCUT2D eigenvalue weighted by Crippen LogP contribution is -2.45. The number of nitrogens with one attached hydrogen (secondary N) is 2. The Morgan fingerprint density at radius 1 is 1.38 bits per heavy atom. The summed E-state index contributed by atoms with van der Waals surface area (Å²) in [6, 6.07) is 0.188. The predicted molar refractivity (Wildman–Crippen MR) is 85.5 cm³/mol. The summed E-state index contributed by atoms with van der Waals surface area (Å²) in [5.41, 5.74) is 0. The van der Waals surface area contributed by atoms with Crippen LogP contribution in [0.1, 0.15) is 13.8 Å². The quantitative estimate of drug-likeness (QED) is 0.477. The van der Waals surface area contributed by atoms with E-state index in [-0.39, 0.29) is 17.5 Å². The second-order valence-corrected chi connectivity index (χ2v) is 7.56. The van der Waals surface area contributed by atoms with Gasteiger partial charge in [-0.25, -0.2) is 8.42 Å². The number of hydrogen-bond donors (Lipinski definition) is 2. The molecule has 0 aromatic rings. The van der Waals surface area contributed by atoms with E-state index in [9.17, 15) is 8.42 Å². The first kappa shape index (κ1) is 18.2. The number of methoxy groups -OCH3 is 1. The molecule has 0 aromatic heterocycles. The summed E-state index contributed by atoms with van der Waals surface area (Å²) >= 11 is 0. The number of ether oxygens (including phenoxy) is 1. The minimum atomic E-state index is -2.80. The van der Waals surface area contributed by atoms with E-state index < -0.39 is 9.84 Å². The number of sulfone groups is 1. The van der Waals surface area contributed by atoms with Crippen molar-refractivity contribution in [3.63, 3.8) is 0 Å². The summed E-state index contributed by atoms with van der Waals surface area (Å²) in [5, 5.41) is 6.46. The van der Waals surface area contributed by atoms with Crippen LogP contribution in [0, 0.1) is 0 Å². The van der Waals surface area contributed by atoms with Gasteiger partial charge in [0.25, 0.3) is 0 Å². The van der Waals surface area contributed by atoms with Crippen LogP contribution in [0.25, 0.3) is 0 Å². The molecule has 1 aliphatic rings. The Morgan fingerprint density at radius 2 is 2.05 bits per heavy atom. The molecule has 1 heterocycles. The van der Waals surface area contributed by atoms with Gasteiger partial charge in [-0.3, -0.25) is 9.89 Å². The van der Waals surface area contributed by atoms with Crippen molar-refractivity contribution in [1.82, 2.24) is 15.5 Å². The summed E-state index contributed by atoms with van der Waals surface area (Å²) < 4.78 is 27.8. The van der Waals surface area contributed by atoms with E-state index in [1.54, 1.807) is 7.11 Å². The van der Waals surface area contributed by atoms with E-state index in [1.807, 2.05) is 13.8 Å². The number of nitrogens with zero attached hydrogens (tertiary/aromatic N) is 2. The molecule has 124 valence electrons. The Kier molecular flexibility index (Phi) is 7.98. The monoisotopic (exact) mass is 320 g/mol. The Balaban J connectivity index is 2.36. The van der Waals surface area contributed by atoms with Crippen molar-refractivity contribution in [2.75, 3.05) is 57.9 Å². The average molecular weight is 320 g/mol. The average Bonchev–Trinajstić information content (AvgIpc) is 2.41. The van der Waals surface area contributed by atoms with Crippen LogP contribution in [0.15, 0.2) is 4.99 Å². The summed E-state index contributed by atoms with van der Waals surface area (Å²) in [4.78, 5) is 6.66. The number of guanidine groups is 1. The Bertz CT molecular complexity index is 411. The molecule has 0 aromatic carbocycles. The lowest BCUT2D eigenvalue weighted by molar-refractivity contribution is 0.179. The first-order valence-corrected chi connectivity index (χ1v) is 9.25. The van der Waals surface area contributed by atoms with Crippen LogP contribution in [0.5, 0.6) is 0 Å². The van der Waals surface area contributed by atoms with Crippen LogP contribution >= 0.6 is 0 Å². The van der Waals surface area contributed by atoms with E-state index in [4.69, 9.17) is 4.74 Å². The Labute approximate surface area is 128 Å². The summed E-state index contributed by atoms with van der Waals surface area (Å²) in [5.74, 6) is 1.30. The van der Waals surface area contributed by atoms with Gasteiger partial charge >= 0.3 is 0 Å². The maximum Gasteiger partial charge on any atom is 0.191 e. The van der Waals surface area contributed by atoms with Crippen LogP contribution in [0.4, 0.5) is 0 Å². The molecular weight excluding hydrogens is 292 g/mol. The van der Waals surface area contributed by atoms with Gasteiger partial charge in [0.05, 0.1) is 24.7 Å². The lowest BCUT2D eigenvalue weighted by atomic mass is 10.4. The Morgan fingerprint density at radius 3 is 2.62 bits per heavy atom. The van der Waals surface area contributed by atoms with E-state index in [0.29, 0.717) is 26.2 Å². The third-order valence-electron chi connectivity index (χ3n) is 3.27. The maximum atomic E-state index is 11.4. The summed E-state index contributed by atoms with van der Waals surface area (Å²) in [7, 11) is -1.13. The standard InChI is InChI=1S/C13H28N4O3S/c1-4-14-13(16-12(2)11-20-3)15-5-6-17-7-9-21(18,19)10-8-17/h12H,4-11H2,1-3H3,(H2,14,15,16). The first-order chi connectivity index (χ1) is 9.96. The van der Waals surface area contributed by atoms with Crippen molar-refractivity contribution >= 4 is 15.8 Å². The minimum Gasteiger partial charge on any atom is -0.383 e. The van der Waals surface area contributed by atoms with Gasteiger partial charge in [0.1, 0.15) is 0 Å². The lowest BCUT2D eigenvalue weighted by Gasteiger charge is -2.25. The summed E-state index contributed by atoms with van der Waals surface area (Å²) in [6.45, 7) is 8.13. The van der Waals surface area contributed by atoms with Gasteiger partial charge in [0, 0.05) is 39.3 Å². The molecule has 0 radical (unpaired) electrons. The molecule has 2 N–H and O–H groups in total. The van der Waals surface area contributed by atoms with Gasteiger partial charge < -0.3 is 15.4 Å². The van der Waals surface area contributed by atoms with Gasteiger partial charge in [-0.15, -0.1) is 0 Å². The first-order valence-electron chi connectivity index (χ1n) is 7.43. The second-order valence-electron chi connectivity index (χ2n) is 5.25. The zero-order valence-corrected chi connectivity index (χ0v) is 14.1. The molecule has 1 rings (SSSR count). The van der Waals surface area contributed by atoms with E-state index in [0.717, 1.165) is 19.0 Å². The molecule has 0 aliphatic carbocycles. The van der Waals surface area contributed by atoms with E-state index in [2.05, 4.69) is 20.5 Å². The van der Waals surface area contributed by atoms with Crippen LogP contribution in [0.3, 0.4) is 0 Å². The number of hydrogen-bond acceptors (Lipinski definition) is 5. The molecule has 7 nitrogen and oxygen atoms in total. The van der Waals surface area contributed by atoms with E-state index in [1.165, 1.54) is 0 Å². The van der Waals surface area contributed by atoms with Crippen LogP contribution in [-0.2, 0) is 14.6 Å². The minimum absolute atomic E-state index is 0.188. The highest BCUT2D eigenvalue weighted by Crippen LogP contribution is 2.02. The molecule has 0 amide bonds. The fourth-order valence-corrected chi connectivity index (χ4v) is 3.40. The molecule has 0 bridgehead atoms. The van der Waals surface area contributed by atoms with Gasteiger partial charge in [-0.1, -0.05) is 0 Å². The molecule has 0 saturated carbocycles. The van der Waals surface area contributed by atoms with E-state index >= 15 is 0 Å². The molecule has 1 aliphatic heterocycles. The summed E-state index contributed by atoms with van der Waals surface area (Å²) in [6.07, 6.45) is 0. The van der Waals surface area contributed by atoms with Crippen molar-refractivity contribution in [3.05, 3.63) is 0 Å². The van der Waals surface area contributed by atoms with Crippen molar-refractivity contribution < 1.29 is 13.2 Å². The molecule has 1 atom stereocenters. The van der Waals surface area contributed by atoms with Gasteiger partial charge in [-0.2, -0.15) is 0 Å². The molecule has 0 spiro atoms. The van der Waals surface area contributed by atoms with Gasteiger partial charge in [-0.05, 0) is 13.8 Å². The normalized spacial score (nSPS) is 21.0. The highest BCUT2D eigenvalue weighted by atomic mass is 32.2. The molecular formula is C13H28N4O3S. The molecule has 1 saturated heterocycles. The third-order valence-corrected chi connectivity index (χ3v) is 4.88.